The van der Waals surface area contributed by atoms with E-state index >= 15 is 0 Å². The van der Waals surface area contributed by atoms with Gasteiger partial charge in [-0.3, -0.25) is 22.8 Å². The Morgan fingerprint density at radius 1 is 0.302 bits per heavy atom. The Kier molecular flexibility index (Phi) is 42.5. The van der Waals surface area contributed by atoms with Crippen molar-refractivity contribution in [1.29, 1.82) is 5.26 Å². The van der Waals surface area contributed by atoms with Gasteiger partial charge in [0.25, 0.3) is 0 Å². The van der Waals surface area contributed by atoms with Gasteiger partial charge >= 0.3 is 66.3 Å². The van der Waals surface area contributed by atoms with Gasteiger partial charge in [-0.2, -0.15) is 108 Å². The van der Waals surface area contributed by atoms with Crippen LogP contribution < -0.4 is 0 Å². The molecule has 0 aliphatic heterocycles. The second-order valence-electron chi connectivity index (χ2n) is 27.0. The lowest BCUT2D eigenvalue weighted by Gasteiger charge is -2.19. The van der Waals surface area contributed by atoms with Crippen LogP contribution in [0, 0.1) is 23.0 Å². The zero-order valence-electron chi connectivity index (χ0n) is 65.1. The molecule has 10 N–H and O–H groups in total. The number of hydrogen-bond acceptors (Lipinski definition) is 11. The van der Waals surface area contributed by atoms with Crippen LogP contribution in [-0.2, 0) is 109 Å². The van der Waals surface area contributed by atoms with Crippen LogP contribution in [0.5, 0.6) is 0 Å². The minimum absolute atomic E-state index is 0.0198. The van der Waals surface area contributed by atoms with Gasteiger partial charge in [0, 0.05) is 123 Å². The highest BCUT2D eigenvalue weighted by Crippen LogP contribution is 2.65. The van der Waals surface area contributed by atoms with E-state index in [-0.39, 0.29) is 33.7 Å². The van der Waals surface area contributed by atoms with E-state index in [1.807, 2.05) is 42.5 Å². The highest BCUT2D eigenvalue weighted by Gasteiger charge is 2.55. The maximum atomic E-state index is 13.9. The Bertz CT molecular complexity index is 6060. The summed E-state index contributed by atoms with van der Waals surface area (Å²) < 4.78 is 219. The summed E-state index contributed by atoms with van der Waals surface area (Å²) in [6, 6.07) is 61.0. The summed E-state index contributed by atoms with van der Waals surface area (Å²) >= 11 is 46.2. The molecule has 0 saturated heterocycles. The summed E-state index contributed by atoms with van der Waals surface area (Å²) in [6.45, 7) is 0. The molecule has 47 heteroatoms. The predicted molar refractivity (Wildman–Crippen MR) is 508 cm³/mol. The summed E-state index contributed by atoms with van der Waals surface area (Å²) in [4.78, 5) is 88.3. The van der Waals surface area contributed by atoms with Crippen LogP contribution in [0.3, 0.4) is 0 Å². The molecule has 11 rings (SSSR count). The number of nitrogens with zero attached hydrogens (tertiary/aromatic N) is 1. The van der Waals surface area contributed by atoms with Crippen molar-refractivity contribution in [3.63, 3.8) is 0 Å². The first-order valence-corrected chi connectivity index (χ1v) is 55.2. The van der Waals surface area contributed by atoms with Crippen molar-refractivity contribution in [2.24, 2.45) is 0 Å². The molecule has 0 unspecified atom stereocenters. The van der Waals surface area contributed by atoms with Gasteiger partial charge in [0.05, 0.1) is 21.7 Å². The lowest BCUT2D eigenvalue weighted by atomic mass is 10.0. The van der Waals surface area contributed by atoms with Gasteiger partial charge in [0.2, 0.25) is 0 Å². The van der Waals surface area contributed by atoms with E-state index in [2.05, 4.69) is 110 Å². The second-order valence-corrected chi connectivity index (χ2v) is 46.0. The normalized spacial score (nSPS) is 12.3. The zero-order chi connectivity index (χ0) is 96.2. The molecular weight excluding hydrogens is 2320 g/mol. The van der Waals surface area contributed by atoms with E-state index in [1.54, 1.807) is 60.3 Å². The molecular formula is C82H67Br5Cl4F12NO15P5S5. The van der Waals surface area contributed by atoms with Crippen LogP contribution >= 0.6 is 223 Å². The van der Waals surface area contributed by atoms with Crippen LogP contribution in [0.1, 0.15) is 89.0 Å². The fourth-order valence-electron chi connectivity index (χ4n) is 10.9. The van der Waals surface area contributed by atoms with Crippen molar-refractivity contribution in [2.75, 3.05) is 0 Å². The maximum absolute atomic E-state index is 13.9. The lowest BCUT2D eigenvalue weighted by molar-refractivity contribution is 0.0557. The molecule has 0 saturated carbocycles. The molecule has 0 amide bonds. The van der Waals surface area contributed by atoms with E-state index in [0.29, 0.717) is 82.8 Å². The number of alkyl halides is 10. The Morgan fingerprint density at radius 3 is 0.930 bits per heavy atom. The first-order chi connectivity index (χ1) is 59.9. The molecule has 0 aromatic heterocycles. The number of hydrogen-bond donors (Lipinski definition) is 10. The highest BCUT2D eigenvalue weighted by atomic mass is 79.9. The molecule has 0 radical (unpaired) electrons. The van der Waals surface area contributed by atoms with Gasteiger partial charge in [-0.1, -0.05) is 278 Å². The largest absolute Gasteiger partial charge is 0.399 e. The van der Waals surface area contributed by atoms with Crippen LogP contribution in [-0.4, -0.2) is 48.9 Å². The molecule has 129 heavy (non-hydrogen) atoms. The zero-order valence-corrected chi connectivity index (χ0v) is 84.6. The lowest BCUT2D eigenvalue weighted by Crippen LogP contribution is -2.14. The molecule has 0 bridgehead atoms. The van der Waals surface area contributed by atoms with E-state index in [9.17, 15) is 75.5 Å². The SMILES string of the molecule is N#Cc1cccc(CSCc2ccc(C(F)(F)P(=O)(O)O)c(Br)c2)c1.O=P(O)(O)C(F)(F)c1ccc(CSCc2c(Cl)cccc2Cl)cc1Br.O=P(O)(O)C(F)(F)c1ccc(CSCc2ccc(Cl)c(Cl)c2)cc1Br.O=P(O)(O)C(F)(F)c1ccc(CSCc2cccc(F)c2F)cc1Br.O=P(O)(O)C(F)(F)c1ccc(CSCc2ccccc2-c2ccccc2)cc1Br. The molecule has 0 aliphatic carbocycles. The van der Waals surface area contributed by atoms with Crippen molar-refractivity contribution in [1.82, 2.24) is 0 Å². The summed E-state index contributed by atoms with van der Waals surface area (Å²) in [5.41, 5.74) is -14.5. The van der Waals surface area contributed by atoms with Crippen molar-refractivity contribution in [3.8, 4) is 17.2 Å². The van der Waals surface area contributed by atoms with E-state index in [0.717, 1.165) is 86.7 Å². The molecule has 0 atom stereocenters. The number of nitriles is 1. The third-order valence-corrected chi connectivity index (χ3v) is 32.4. The summed E-state index contributed by atoms with van der Waals surface area (Å²) in [5.74, 6) is 3.32. The van der Waals surface area contributed by atoms with E-state index < -0.39 is 106 Å². The summed E-state index contributed by atoms with van der Waals surface area (Å²) in [5, 5.41) is 10.9. The molecule has 11 aromatic carbocycles. The number of benzene rings is 11. The third-order valence-electron chi connectivity index (χ3n) is 17.5. The van der Waals surface area contributed by atoms with Gasteiger partial charge in [-0.15, -0.1) is 0 Å². The molecule has 0 spiro atoms. The second kappa shape index (κ2) is 48.9. The molecule has 0 aliphatic rings. The van der Waals surface area contributed by atoms with Crippen molar-refractivity contribution >= 4 is 223 Å². The first kappa shape index (κ1) is 112. The van der Waals surface area contributed by atoms with Gasteiger partial charge < -0.3 is 48.9 Å². The molecule has 692 valence electrons. The van der Waals surface area contributed by atoms with Crippen LogP contribution in [0.25, 0.3) is 11.1 Å². The maximum Gasteiger partial charge on any atom is 0.399 e. The third kappa shape index (κ3) is 31.6. The van der Waals surface area contributed by atoms with Crippen LogP contribution in [0.15, 0.2) is 247 Å². The fourth-order valence-corrected chi connectivity index (χ4v) is 23.4. The quantitative estimate of drug-likeness (QED) is 0.0143. The Hall–Kier alpha value is -3.87. The summed E-state index contributed by atoms with van der Waals surface area (Å²) in [6.07, 6.45) is 0. The van der Waals surface area contributed by atoms with Gasteiger partial charge in [0.15, 0.2) is 11.6 Å². The van der Waals surface area contributed by atoms with Crippen LogP contribution in [0.4, 0.5) is 52.7 Å². The van der Waals surface area contributed by atoms with Gasteiger partial charge in [0.1, 0.15) is 0 Å². The average molecular weight is 2390 g/mol. The topological polar surface area (TPSA) is 311 Å². The molecule has 11 aromatic rings. The summed E-state index contributed by atoms with van der Waals surface area (Å²) in [7, 11) is -28.0. The number of thioether (sulfide) groups is 5. The molecule has 0 heterocycles. The number of rotatable bonds is 31. The Balaban J connectivity index is 0.000000221. The Labute approximate surface area is 815 Å². The van der Waals surface area contributed by atoms with E-state index in [4.69, 9.17) is 101 Å². The smallest absolute Gasteiger partial charge is 0.320 e. The fraction of sp³-hybridized carbons (Fsp3) is 0.183. The van der Waals surface area contributed by atoms with Crippen molar-refractivity contribution < 1.29 is 124 Å². The standard InChI is InChI=1S/C21H18BrF2O3PS.C16H13BrF2NO3PS.2C15H12BrCl2F2O3PS.C15H12BrF4O3PS/c22-20-12-15(10-11-19(20)21(23,24)28(25,26)27)13-29-14-17-8-4-5-9-18(17)16-6-2-1-3-7-16;17-15-7-13(4-5-14(15)16(18,19)24(21,22)23)10-25-9-12-3-1-2-11(6-12)8-20;16-12-5-9(1-3-11(12)15(19,20)24(21,22)23)7-25-8-10-2-4-13(17)14(18)6-10;16-12-6-9(4-5-11(12)15(19,20)24(21,22)23)7-25-8-10-13(17)2-1-3-14(10)18;16-12-6-9(4-5-11(12)15(19,20)24(21,22)23)7-25-8-10-2-1-3-13(17)14(10)18/h1-12H,13-14H2,(H2,25,26,27);1-7H,9-10H2,(H2,21,22,23);3*1-6H,7-8H2,(H2,21,22,23). The Morgan fingerprint density at radius 2 is 0.589 bits per heavy atom. The number of halogens is 21. The van der Waals surface area contributed by atoms with Gasteiger partial charge in [-0.25, -0.2) is 8.78 Å². The van der Waals surface area contributed by atoms with E-state index in [1.165, 1.54) is 125 Å². The minimum atomic E-state index is -5.65. The molecule has 0 fully saturated rings. The predicted octanol–water partition coefficient (Wildman–Crippen LogP) is 30.0. The van der Waals surface area contributed by atoms with Gasteiger partial charge in [-0.05, 0) is 134 Å². The average Bonchev–Trinajstić information content (AvgIpc) is 0.797. The molecule has 16 nitrogen and oxygen atoms in total. The van der Waals surface area contributed by atoms with Crippen LogP contribution in [0.2, 0.25) is 20.1 Å². The monoisotopic (exact) mass is 2380 g/mol. The first-order valence-electron chi connectivity index (χ1n) is 35.9. The van der Waals surface area contributed by atoms with Crippen molar-refractivity contribution in [2.45, 2.75) is 85.8 Å². The minimum Gasteiger partial charge on any atom is -0.320 e. The highest BCUT2D eigenvalue weighted by molar-refractivity contribution is 9.11. The van der Waals surface area contributed by atoms with Crippen molar-refractivity contribution in [3.05, 3.63) is 368 Å².